The van der Waals surface area contributed by atoms with Gasteiger partial charge in [0.25, 0.3) is 5.56 Å². The van der Waals surface area contributed by atoms with Gasteiger partial charge < -0.3 is 10.1 Å². The highest BCUT2D eigenvalue weighted by Crippen LogP contribution is 2.32. The number of amides is 1. The van der Waals surface area contributed by atoms with Crippen LogP contribution < -0.4 is 16.6 Å². The molecule has 2 heterocycles. The van der Waals surface area contributed by atoms with Crippen LogP contribution in [0.5, 0.6) is 0 Å². The lowest BCUT2D eigenvalue weighted by Crippen LogP contribution is -2.41. The Morgan fingerprint density at radius 2 is 2.13 bits per heavy atom. The third-order valence-corrected chi connectivity index (χ3v) is 5.23. The molecule has 0 fully saturated rings. The predicted molar refractivity (Wildman–Crippen MR) is 88.2 cm³/mol. The summed E-state index contributed by atoms with van der Waals surface area (Å²) in [5, 5.41) is 3.19. The molecular formula is C15H19N3O4S. The van der Waals surface area contributed by atoms with E-state index in [1.807, 2.05) is 0 Å². The summed E-state index contributed by atoms with van der Waals surface area (Å²) in [5.41, 5.74) is 0.138. The molecule has 0 spiro atoms. The van der Waals surface area contributed by atoms with Gasteiger partial charge in [0.15, 0.2) is 0 Å². The number of fused-ring (bicyclic) bond motifs is 3. The topological polar surface area (TPSA) is 93.2 Å². The molecule has 3 rings (SSSR count). The fourth-order valence-corrected chi connectivity index (χ4v) is 4.18. The van der Waals surface area contributed by atoms with Crippen molar-refractivity contribution in [3.63, 3.8) is 0 Å². The maximum Gasteiger partial charge on any atom is 0.329 e. The largest absolute Gasteiger partial charge is 0.383 e. The molecule has 0 saturated heterocycles. The third kappa shape index (κ3) is 3.09. The number of hydrogen-bond acceptors (Lipinski definition) is 5. The van der Waals surface area contributed by atoms with Gasteiger partial charge in [0, 0.05) is 18.5 Å². The molecule has 2 N–H and O–H groups in total. The van der Waals surface area contributed by atoms with Crippen molar-refractivity contribution in [1.82, 2.24) is 14.9 Å². The lowest BCUT2D eigenvalue weighted by atomic mass is 9.97. The second-order valence-electron chi connectivity index (χ2n) is 5.58. The quantitative estimate of drug-likeness (QED) is 0.772. The average Bonchev–Trinajstić information content (AvgIpc) is 2.89. The highest BCUT2D eigenvalue weighted by Gasteiger charge is 2.21. The Kier molecular flexibility index (Phi) is 4.63. The molecular weight excluding hydrogens is 318 g/mol. The van der Waals surface area contributed by atoms with Crippen LogP contribution in [0.3, 0.4) is 0 Å². The first-order chi connectivity index (χ1) is 11.1. The first kappa shape index (κ1) is 15.9. The van der Waals surface area contributed by atoms with Crippen molar-refractivity contribution < 1.29 is 9.53 Å². The molecule has 124 valence electrons. The number of methoxy groups -OCH3 is 1. The number of H-pyrrole nitrogens is 1. The number of hydrogen-bond donors (Lipinski definition) is 2. The van der Waals surface area contributed by atoms with E-state index < -0.39 is 5.69 Å². The van der Waals surface area contributed by atoms with Crippen molar-refractivity contribution in [3.05, 3.63) is 31.3 Å². The van der Waals surface area contributed by atoms with Gasteiger partial charge in [-0.2, -0.15) is 0 Å². The highest BCUT2D eigenvalue weighted by atomic mass is 32.1. The van der Waals surface area contributed by atoms with Crippen molar-refractivity contribution in [2.45, 2.75) is 32.2 Å². The first-order valence-electron chi connectivity index (χ1n) is 7.65. The summed E-state index contributed by atoms with van der Waals surface area (Å²) in [7, 11) is 1.54. The van der Waals surface area contributed by atoms with Crippen LogP contribution in [0.2, 0.25) is 0 Å². The normalized spacial score (nSPS) is 14.0. The molecule has 1 aliphatic carbocycles. The smallest absolute Gasteiger partial charge is 0.329 e. The van der Waals surface area contributed by atoms with E-state index in [0.717, 1.165) is 35.8 Å². The van der Waals surface area contributed by atoms with Gasteiger partial charge in [-0.1, -0.05) is 0 Å². The van der Waals surface area contributed by atoms with E-state index in [2.05, 4.69) is 10.3 Å². The van der Waals surface area contributed by atoms with Gasteiger partial charge in [-0.25, -0.2) is 4.79 Å². The molecule has 23 heavy (non-hydrogen) atoms. The average molecular weight is 337 g/mol. The molecule has 0 unspecified atom stereocenters. The Hall–Kier alpha value is -1.93. The molecule has 0 aromatic carbocycles. The molecule has 1 amide bonds. The van der Waals surface area contributed by atoms with Gasteiger partial charge in [-0.3, -0.25) is 19.1 Å². The van der Waals surface area contributed by atoms with Crippen molar-refractivity contribution in [1.29, 1.82) is 0 Å². The molecule has 2 aromatic rings. The lowest BCUT2D eigenvalue weighted by Gasteiger charge is -2.10. The van der Waals surface area contributed by atoms with Crippen LogP contribution >= 0.6 is 11.3 Å². The van der Waals surface area contributed by atoms with E-state index in [4.69, 9.17) is 4.74 Å². The molecule has 1 aliphatic rings. The van der Waals surface area contributed by atoms with Crippen LogP contribution in [0.4, 0.5) is 0 Å². The zero-order valence-electron chi connectivity index (χ0n) is 12.9. The monoisotopic (exact) mass is 337 g/mol. The predicted octanol–water partition coefficient (Wildman–Crippen LogP) is 0.393. The van der Waals surface area contributed by atoms with Crippen molar-refractivity contribution in [2.75, 3.05) is 20.3 Å². The van der Waals surface area contributed by atoms with E-state index in [-0.39, 0.29) is 18.0 Å². The Morgan fingerprint density at radius 3 is 2.91 bits per heavy atom. The fraction of sp³-hybridized carbons (Fsp3) is 0.533. The SMILES string of the molecule is COCCNC(=O)Cn1c(=O)[nH]c2sc3c(c2c1=O)CCCC3. The van der Waals surface area contributed by atoms with Crippen LogP contribution in [0.15, 0.2) is 9.59 Å². The summed E-state index contributed by atoms with van der Waals surface area (Å²) >= 11 is 1.49. The van der Waals surface area contributed by atoms with Crippen molar-refractivity contribution in [3.8, 4) is 0 Å². The zero-order chi connectivity index (χ0) is 16.4. The summed E-state index contributed by atoms with van der Waals surface area (Å²) in [4.78, 5) is 41.3. The standard InChI is InChI=1S/C15H19N3O4S/c1-22-7-6-16-11(19)8-18-14(20)12-9-4-2-3-5-10(9)23-13(12)17-15(18)21/h2-8H2,1H3,(H,16,19)(H,17,21). The van der Waals surface area contributed by atoms with E-state index in [9.17, 15) is 14.4 Å². The maximum atomic E-state index is 12.7. The first-order valence-corrected chi connectivity index (χ1v) is 8.46. The molecule has 0 aliphatic heterocycles. The Labute approximate surface area is 136 Å². The molecule has 2 aromatic heterocycles. The number of thiophene rings is 1. The van der Waals surface area contributed by atoms with Crippen LogP contribution in [0.1, 0.15) is 23.3 Å². The van der Waals surface area contributed by atoms with Crippen LogP contribution in [0.25, 0.3) is 10.2 Å². The van der Waals surface area contributed by atoms with Gasteiger partial charge in [0.1, 0.15) is 11.4 Å². The number of rotatable bonds is 5. The van der Waals surface area contributed by atoms with E-state index in [1.165, 1.54) is 23.3 Å². The third-order valence-electron chi connectivity index (χ3n) is 4.03. The number of ether oxygens (including phenoxy) is 1. The Balaban J connectivity index is 1.96. The number of aromatic nitrogens is 2. The number of nitrogens with one attached hydrogen (secondary N) is 2. The number of carbonyl (C=O) groups excluding carboxylic acids is 1. The molecule has 0 atom stereocenters. The maximum absolute atomic E-state index is 12.7. The Morgan fingerprint density at radius 1 is 1.35 bits per heavy atom. The van der Waals surface area contributed by atoms with Gasteiger partial charge in [0.05, 0.1) is 12.0 Å². The molecule has 8 heteroatoms. The van der Waals surface area contributed by atoms with E-state index >= 15 is 0 Å². The van der Waals surface area contributed by atoms with E-state index in [1.54, 1.807) is 0 Å². The van der Waals surface area contributed by atoms with Gasteiger partial charge in [0.2, 0.25) is 5.91 Å². The van der Waals surface area contributed by atoms with Gasteiger partial charge in [-0.05, 0) is 31.2 Å². The lowest BCUT2D eigenvalue weighted by molar-refractivity contribution is -0.121. The van der Waals surface area contributed by atoms with Crippen LogP contribution in [-0.2, 0) is 28.9 Å². The minimum absolute atomic E-state index is 0.279. The molecule has 7 nitrogen and oxygen atoms in total. The van der Waals surface area contributed by atoms with Crippen molar-refractivity contribution in [2.24, 2.45) is 0 Å². The number of aromatic amines is 1. The minimum Gasteiger partial charge on any atom is -0.383 e. The summed E-state index contributed by atoms with van der Waals surface area (Å²) < 4.78 is 5.83. The van der Waals surface area contributed by atoms with E-state index in [0.29, 0.717) is 23.4 Å². The highest BCUT2D eigenvalue weighted by molar-refractivity contribution is 7.18. The second kappa shape index (κ2) is 6.67. The van der Waals surface area contributed by atoms with Gasteiger partial charge >= 0.3 is 5.69 Å². The Bertz CT molecular complexity index is 849. The summed E-state index contributed by atoms with van der Waals surface area (Å²) in [5.74, 6) is -0.377. The second-order valence-corrected chi connectivity index (χ2v) is 6.68. The van der Waals surface area contributed by atoms with Gasteiger partial charge in [-0.15, -0.1) is 11.3 Å². The summed E-state index contributed by atoms with van der Waals surface area (Å²) in [6.07, 6.45) is 3.97. The summed E-state index contributed by atoms with van der Waals surface area (Å²) in [6.45, 7) is 0.449. The van der Waals surface area contributed by atoms with Crippen molar-refractivity contribution >= 4 is 27.5 Å². The molecule has 0 bridgehead atoms. The van der Waals surface area contributed by atoms with Crippen LogP contribution in [-0.4, -0.2) is 35.7 Å². The summed E-state index contributed by atoms with van der Waals surface area (Å²) in [6, 6.07) is 0. The minimum atomic E-state index is -0.539. The van der Waals surface area contributed by atoms with Crippen LogP contribution in [0, 0.1) is 0 Å². The molecule has 0 saturated carbocycles. The zero-order valence-corrected chi connectivity index (χ0v) is 13.8. The molecule has 0 radical (unpaired) electrons. The fourth-order valence-electron chi connectivity index (χ4n) is 2.91. The number of nitrogens with zero attached hydrogens (tertiary/aromatic N) is 1. The number of aryl methyl sites for hydroxylation is 2. The number of carbonyl (C=O) groups is 1.